The van der Waals surface area contributed by atoms with Gasteiger partial charge in [-0.15, -0.1) is 0 Å². The van der Waals surface area contributed by atoms with E-state index in [-0.39, 0.29) is 6.10 Å². The fourth-order valence-electron chi connectivity index (χ4n) is 3.68. The highest BCUT2D eigenvalue weighted by molar-refractivity contribution is 4.82. The highest BCUT2D eigenvalue weighted by atomic mass is 16.3. The lowest BCUT2D eigenvalue weighted by Gasteiger charge is -2.40. The van der Waals surface area contributed by atoms with Gasteiger partial charge in [0.05, 0.1) is 6.10 Å². The van der Waals surface area contributed by atoms with E-state index in [0.717, 1.165) is 24.8 Å². The Bertz CT molecular complexity index is 261. The van der Waals surface area contributed by atoms with Crippen LogP contribution >= 0.6 is 0 Å². The number of rotatable bonds is 4. The molecule has 0 bridgehead atoms. The first-order chi connectivity index (χ1) is 9.04. The Hall–Kier alpha value is -0.120. The third-order valence-corrected chi connectivity index (χ3v) is 4.79. The van der Waals surface area contributed by atoms with E-state index >= 15 is 0 Å². The van der Waals surface area contributed by atoms with Gasteiger partial charge >= 0.3 is 0 Å². The molecule has 112 valence electrons. The molecule has 3 heteroatoms. The largest absolute Gasteiger partial charge is 0.393 e. The number of aliphatic hydroxyl groups excluding tert-OH is 1. The van der Waals surface area contributed by atoms with E-state index in [2.05, 4.69) is 30.6 Å². The summed E-state index contributed by atoms with van der Waals surface area (Å²) in [5.41, 5.74) is 0. The molecule has 3 unspecified atom stereocenters. The third-order valence-electron chi connectivity index (χ3n) is 4.79. The summed E-state index contributed by atoms with van der Waals surface area (Å²) < 4.78 is 0. The van der Waals surface area contributed by atoms with Crippen LogP contribution in [-0.4, -0.2) is 60.3 Å². The Morgan fingerprint density at radius 1 is 1.05 bits per heavy atom. The molecule has 2 fully saturated rings. The second kappa shape index (κ2) is 7.05. The number of aliphatic hydroxyl groups is 1. The standard InChI is InChI=1S/C16H32N2O/c1-13(2)11-17-6-8-18(9-7-17)12-15-10-14(3)4-5-16(15)19/h13-16,19H,4-12H2,1-3H3. The molecule has 1 N–H and O–H groups in total. The number of nitrogens with zero attached hydrogens (tertiary/aromatic N) is 2. The molecule has 0 aromatic rings. The van der Waals surface area contributed by atoms with E-state index < -0.39 is 0 Å². The first-order valence-corrected chi connectivity index (χ1v) is 8.17. The fourth-order valence-corrected chi connectivity index (χ4v) is 3.68. The van der Waals surface area contributed by atoms with Crippen molar-refractivity contribution in [2.24, 2.45) is 17.8 Å². The zero-order chi connectivity index (χ0) is 13.8. The maximum Gasteiger partial charge on any atom is 0.0580 e. The normalized spacial score (nSPS) is 34.9. The van der Waals surface area contributed by atoms with Gasteiger partial charge in [0.2, 0.25) is 0 Å². The Kier molecular flexibility index (Phi) is 5.67. The van der Waals surface area contributed by atoms with E-state index in [9.17, 15) is 5.11 Å². The highest BCUT2D eigenvalue weighted by Gasteiger charge is 2.29. The summed E-state index contributed by atoms with van der Waals surface area (Å²) in [7, 11) is 0. The average molecular weight is 268 g/mol. The Morgan fingerprint density at radius 3 is 2.32 bits per heavy atom. The van der Waals surface area contributed by atoms with Crippen LogP contribution in [0, 0.1) is 17.8 Å². The van der Waals surface area contributed by atoms with E-state index in [1.165, 1.54) is 45.6 Å². The molecule has 19 heavy (non-hydrogen) atoms. The van der Waals surface area contributed by atoms with Crippen LogP contribution in [0.4, 0.5) is 0 Å². The quantitative estimate of drug-likeness (QED) is 0.845. The molecule has 0 radical (unpaired) electrons. The molecule has 3 atom stereocenters. The van der Waals surface area contributed by atoms with E-state index in [4.69, 9.17) is 0 Å². The molecule has 0 spiro atoms. The third kappa shape index (κ3) is 4.73. The molecule has 0 aromatic heterocycles. The van der Waals surface area contributed by atoms with Crippen LogP contribution in [0.5, 0.6) is 0 Å². The summed E-state index contributed by atoms with van der Waals surface area (Å²) in [5, 5.41) is 10.2. The summed E-state index contributed by atoms with van der Waals surface area (Å²) in [6, 6.07) is 0. The molecule has 1 heterocycles. The predicted molar refractivity (Wildman–Crippen MR) is 80.2 cm³/mol. The summed E-state index contributed by atoms with van der Waals surface area (Å²) in [6.07, 6.45) is 3.39. The lowest BCUT2D eigenvalue weighted by Crippen LogP contribution is -2.50. The second-order valence-electron chi connectivity index (χ2n) is 7.24. The monoisotopic (exact) mass is 268 g/mol. The van der Waals surface area contributed by atoms with Crippen molar-refractivity contribution in [3.63, 3.8) is 0 Å². The molecule has 1 aliphatic carbocycles. The van der Waals surface area contributed by atoms with Crippen LogP contribution in [0.3, 0.4) is 0 Å². The minimum Gasteiger partial charge on any atom is -0.393 e. The lowest BCUT2D eigenvalue weighted by molar-refractivity contribution is 0.0186. The molecule has 0 amide bonds. The van der Waals surface area contributed by atoms with Crippen molar-refractivity contribution in [3.05, 3.63) is 0 Å². The van der Waals surface area contributed by atoms with Crippen molar-refractivity contribution in [3.8, 4) is 0 Å². The van der Waals surface area contributed by atoms with Gasteiger partial charge in [0, 0.05) is 39.3 Å². The number of hydrogen-bond donors (Lipinski definition) is 1. The van der Waals surface area contributed by atoms with Gasteiger partial charge in [-0.05, 0) is 37.0 Å². The molecule has 1 aliphatic heterocycles. The van der Waals surface area contributed by atoms with Gasteiger partial charge in [-0.25, -0.2) is 0 Å². The maximum absolute atomic E-state index is 10.2. The highest BCUT2D eigenvalue weighted by Crippen LogP contribution is 2.29. The molecule has 0 aromatic carbocycles. The van der Waals surface area contributed by atoms with Crippen molar-refractivity contribution in [1.82, 2.24) is 9.80 Å². The predicted octanol–water partition coefficient (Wildman–Crippen LogP) is 2.06. The van der Waals surface area contributed by atoms with Crippen LogP contribution in [-0.2, 0) is 0 Å². The van der Waals surface area contributed by atoms with Crippen molar-refractivity contribution >= 4 is 0 Å². The van der Waals surface area contributed by atoms with Crippen LogP contribution in [0.25, 0.3) is 0 Å². The van der Waals surface area contributed by atoms with E-state index in [0.29, 0.717) is 5.92 Å². The minimum absolute atomic E-state index is 0.0510. The molecule has 2 rings (SSSR count). The summed E-state index contributed by atoms with van der Waals surface area (Å²) in [4.78, 5) is 5.16. The topological polar surface area (TPSA) is 26.7 Å². The Balaban J connectivity index is 1.72. The summed E-state index contributed by atoms with van der Waals surface area (Å²) >= 11 is 0. The summed E-state index contributed by atoms with van der Waals surface area (Å²) in [6.45, 7) is 14.1. The van der Waals surface area contributed by atoms with Gasteiger partial charge in [-0.3, -0.25) is 0 Å². The number of hydrogen-bond acceptors (Lipinski definition) is 3. The average Bonchev–Trinajstić information content (AvgIpc) is 2.35. The van der Waals surface area contributed by atoms with Gasteiger partial charge in [-0.2, -0.15) is 0 Å². The SMILES string of the molecule is CC(C)CN1CCN(CC2CC(C)CCC2O)CC1. The first kappa shape index (κ1) is 15.3. The van der Waals surface area contributed by atoms with Crippen LogP contribution in [0.15, 0.2) is 0 Å². The van der Waals surface area contributed by atoms with Crippen molar-refractivity contribution in [1.29, 1.82) is 0 Å². The van der Waals surface area contributed by atoms with Crippen LogP contribution in [0.1, 0.15) is 40.0 Å². The Labute approximate surface area is 119 Å². The maximum atomic E-state index is 10.2. The van der Waals surface area contributed by atoms with Gasteiger partial charge in [0.1, 0.15) is 0 Å². The van der Waals surface area contributed by atoms with E-state index in [1.807, 2.05) is 0 Å². The van der Waals surface area contributed by atoms with Crippen molar-refractivity contribution in [2.75, 3.05) is 39.3 Å². The van der Waals surface area contributed by atoms with Gasteiger partial charge in [0.15, 0.2) is 0 Å². The summed E-state index contributed by atoms with van der Waals surface area (Å²) in [5.74, 6) is 2.09. The van der Waals surface area contributed by atoms with Gasteiger partial charge in [-0.1, -0.05) is 20.8 Å². The fraction of sp³-hybridized carbons (Fsp3) is 1.00. The van der Waals surface area contributed by atoms with E-state index in [1.54, 1.807) is 0 Å². The molecule has 1 saturated heterocycles. The first-order valence-electron chi connectivity index (χ1n) is 8.17. The molecular weight excluding hydrogens is 236 g/mol. The molecule has 2 aliphatic rings. The van der Waals surface area contributed by atoms with Crippen LogP contribution < -0.4 is 0 Å². The minimum atomic E-state index is -0.0510. The molecule has 3 nitrogen and oxygen atoms in total. The van der Waals surface area contributed by atoms with Gasteiger partial charge < -0.3 is 14.9 Å². The van der Waals surface area contributed by atoms with Crippen molar-refractivity contribution < 1.29 is 5.11 Å². The molecular formula is C16H32N2O. The van der Waals surface area contributed by atoms with Crippen LogP contribution in [0.2, 0.25) is 0 Å². The zero-order valence-electron chi connectivity index (χ0n) is 13.0. The lowest BCUT2D eigenvalue weighted by atomic mass is 9.80. The zero-order valence-corrected chi connectivity index (χ0v) is 13.0. The second-order valence-corrected chi connectivity index (χ2v) is 7.24. The van der Waals surface area contributed by atoms with Gasteiger partial charge in [0.25, 0.3) is 0 Å². The Morgan fingerprint density at radius 2 is 1.68 bits per heavy atom. The smallest absolute Gasteiger partial charge is 0.0580 e. The molecule has 1 saturated carbocycles. The van der Waals surface area contributed by atoms with Crippen molar-refractivity contribution in [2.45, 2.75) is 46.1 Å². The number of piperazine rings is 1.